The molecule has 0 atom stereocenters. The standard InChI is InChI=1S/C17H28F3N5O.HI/c1-3-14-10-15(26-24-14)11-23-16(21-2)22-7-4-13-5-8-25(9-6-13)12-17(18,19)20;/h10,13H,3-9,11-12H2,1-2H3,(H2,21,22,23);1H. The van der Waals surface area contributed by atoms with Gasteiger partial charge in [0.15, 0.2) is 11.7 Å². The van der Waals surface area contributed by atoms with Crippen molar-refractivity contribution >= 4 is 29.9 Å². The monoisotopic (exact) mass is 503 g/mol. The summed E-state index contributed by atoms with van der Waals surface area (Å²) in [5, 5.41) is 10.3. The van der Waals surface area contributed by atoms with Crippen molar-refractivity contribution in [2.24, 2.45) is 10.9 Å². The Kier molecular flexibility index (Phi) is 10.4. The number of nitrogens with one attached hydrogen (secondary N) is 2. The van der Waals surface area contributed by atoms with E-state index < -0.39 is 12.7 Å². The molecule has 0 aliphatic carbocycles. The van der Waals surface area contributed by atoms with Crippen LogP contribution in [0.2, 0.25) is 0 Å². The van der Waals surface area contributed by atoms with Gasteiger partial charge in [-0.15, -0.1) is 24.0 Å². The molecule has 0 amide bonds. The molecule has 6 nitrogen and oxygen atoms in total. The fourth-order valence-corrected chi connectivity index (χ4v) is 3.08. The van der Waals surface area contributed by atoms with Gasteiger partial charge < -0.3 is 15.2 Å². The van der Waals surface area contributed by atoms with Crippen LogP contribution >= 0.6 is 24.0 Å². The summed E-state index contributed by atoms with van der Waals surface area (Å²) in [5.74, 6) is 1.88. The number of aromatic nitrogens is 1. The summed E-state index contributed by atoms with van der Waals surface area (Å²) in [5.41, 5.74) is 0.918. The lowest BCUT2D eigenvalue weighted by atomic mass is 9.93. The molecule has 1 saturated heterocycles. The summed E-state index contributed by atoms with van der Waals surface area (Å²) in [6.45, 7) is 3.49. The molecule has 2 N–H and O–H groups in total. The Balaban J connectivity index is 0.00000364. The highest BCUT2D eigenvalue weighted by atomic mass is 127. The Bertz CT molecular complexity index is 571. The van der Waals surface area contributed by atoms with Gasteiger partial charge in [0.25, 0.3) is 0 Å². The molecule has 0 bridgehead atoms. The van der Waals surface area contributed by atoms with Crippen LogP contribution in [0.4, 0.5) is 13.2 Å². The Morgan fingerprint density at radius 2 is 2.04 bits per heavy atom. The van der Waals surface area contributed by atoms with Crippen LogP contribution in [0.15, 0.2) is 15.6 Å². The molecular weight excluding hydrogens is 474 g/mol. The number of aliphatic imine (C=N–C) groups is 1. The number of nitrogens with zero attached hydrogens (tertiary/aromatic N) is 3. The van der Waals surface area contributed by atoms with E-state index in [0.29, 0.717) is 31.5 Å². The normalized spacial score (nSPS) is 16.9. The van der Waals surface area contributed by atoms with E-state index in [4.69, 9.17) is 4.52 Å². The Labute approximate surface area is 175 Å². The molecule has 0 radical (unpaired) electrons. The third-order valence-electron chi connectivity index (χ3n) is 4.58. The van der Waals surface area contributed by atoms with Crippen LogP contribution in [0.25, 0.3) is 0 Å². The summed E-state index contributed by atoms with van der Waals surface area (Å²) in [6.07, 6.45) is -0.738. The van der Waals surface area contributed by atoms with Gasteiger partial charge in [0.05, 0.1) is 18.8 Å². The van der Waals surface area contributed by atoms with Crippen molar-refractivity contribution in [2.45, 2.75) is 45.3 Å². The third kappa shape index (κ3) is 9.13. The average molecular weight is 503 g/mol. The summed E-state index contributed by atoms with van der Waals surface area (Å²) >= 11 is 0. The average Bonchev–Trinajstić information content (AvgIpc) is 3.06. The number of hydrogen-bond donors (Lipinski definition) is 2. The minimum atomic E-state index is -4.10. The van der Waals surface area contributed by atoms with Gasteiger partial charge in [-0.25, -0.2) is 0 Å². The molecule has 27 heavy (non-hydrogen) atoms. The smallest absolute Gasteiger partial charge is 0.359 e. The fourth-order valence-electron chi connectivity index (χ4n) is 3.08. The fraction of sp³-hybridized carbons (Fsp3) is 0.765. The van der Waals surface area contributed by atoms with Crippen LogP contribution in [0.3, 0.4) is 0 Å². The highest BCUT2D eigenvalue weighted by Crippen LogP contribution is 2.23. The number of piperidine rings is 1. The van der Waals surface area contributed by atoms with Crippen molar-refractivity contribution in [1.29, 1.82) is 0 Å². The zero-order valence-electron chi connectivity index (χ0n) is 15.8. The molecule has 0 spiro atoms. The zero-order chi connectivity index (χ0) is 19.0. The molecule has 1 aliphatic rings. The summed E-state index contributed by atoms with van der Waals surface area (Å²) in [6, 6.07) is 1.91. The van der Waals surface area contributed by atoms with Gasteiger partial charge >= 0.3 is 6.18 Å². The van der Waals surface area contributed by atoms with E-state index in [-0.39, 0.29) is 24.0 Å². The second kappa shape index (κ2) is 11.7. The van der Waals surface area contributed by atoms with Gasteiger partial charge in [-0.05, 0) is 44.7 Å². The minimum Gasteiger partial charge on any atom is -0.359 e. The van der Waals surface area contributed by atoms with E-state index in [0.717, 1.165) is 43.7 Å². The van der Waals surface area contributed by atoms with Gasteiger partial charge in [0.1, 0.15) is 0 Å². The topological polar surface area (TPSA) is 65.7 Å². The number of alkyl halides is 3. The Morgan fingerprint density at radius 1 is 1.33 bits per heavy atom. The van der Waals surface area contributed by atoms with Crippen LogP contribution < -0.4 is 10.6 Å². The van der Waals surface area contributed by atoms with Gasteiger partial charge in [0.2, 0.25) is 0 Å². The number of guanidine groups is 1. The third-order valence-corrected chi connectivity index (χ3v) is 4.58. The van der Waals surface area contributed by atoms with Crippen molar-refractivity contribution in [3.05, 3.63) is 17.5 Å². The Morgan fingerprint density at radius 3 is 2.59 bits per heavy atom. The quantitative estimate of drug-likeness (QED) is 0.340. The van der Waals surface area contributed by atoms with E-state index in [1.807, 2.05) is 13.0 Å². The van der Waals surface area contributed by atoms with Crippen LogP contribution in [0.5, 0.6) is 0 Å². The molecule has 0 aromatic carbocycles. The predicted molar refractivity (Wildman–Crippen MR) is 109 cm³/mol. The first-order valence-corrected chi connectivity index (χ1v) is 9.07. The highest BCUT2D eigenvalue weighted by Gasteiger charge is 2.32. The molecule has 1 fully saturated rings. The molecule has 0 saturated carbocycles. The molecular formula is C17H29F3IN5O. The van der Waals surface area contributed by atoms with Crippen molar-refractivity contribution in [1.82, 2.24) is 20.7 Å². The second-order valence-electron chi connectivity index (χ2n) is 6.61. The maximum Gasteiger partial charge on any atom is 0.401 e. The van der Waals surface area contributed by atoms with Crippen molar-refractivity contribution in [3.8, 4) is 0 Å². The number of halogens is 4. The SMILES string of the molecule is CCc1cc(CNC(=NC)NCCC2CCN(CC(F)(F)F)CC2)on1.I. The van der Waals surface area contributed by atoms with Crippen LogP contribution in [-0.2, 0) is 13.0 Å². The van der Waals surface area contributed by atoms with Crippen LogP contribution in [-0.4, -0.2) is 55.4 Å². The number of likely N-dealkylation sites (tertiary alicyclic amines) is 1. The first-order chi connectivity index (χ1) is 12.4. The molecule has 2 rings (SSSR count). The maximum atomic E-state index is 12.4. The summed E-state index contributed by atoms with van der Waals surface area (Å²) in [7, 11) is 1.70. The van der Waals surface area contributed by atoms with Crippen LogP contribution in [0.1, 0.15) is 37.6 Å². The van der Waals surface area contributed by atoms with E-state index in [1.165, 1.54) is 4.90 Å². The zero-order valence-corrected chi connectivity index (χ0v) is 18.1. The largest absolute Gasteiger partial charge is 0.401 e. The Hall–Kier alpha value is -1.04. The number of rotatable bonds is 7. The summed E-state index contributed by atoms with van der Waals surface area (Å²) in [4.78, 5) is 5.66. The lowest BCUT2D eigenvalue weighted by molar-refractivity contribution is -0.148. The van der Waals surface area contributed by atoms with E-state index in [9.17, 15) is 13.2 Å². The molecule has 1 aromatic heterocycles. The lowest BCUT2D eigenvalue weighted by Gasteiger charge is -2.32. The van der Waals surface area contributed by atoms with E-state index in [2.05, 4.69) is 20.8 Å². The first kappa shape index (κ1) is 24.0. The highest BCUT2D eigenvalue weighted by molar-refractivity contribution is 14.0. The first-order valence-electron chi connectivity index (χ1n) is 9.07. The lowest BCUT2D eigenvalue weighted by Crippen LogP contribution is -2.41. The maximum absolute atomic E-state index is 12.4. The van der Waals surface area contributed by atoms with E-state index >= 15 is 0 Å². The van der Waals surface area contributed by atoms with Crippen LogP contribution in [0, 0.1) is 5.92 Å². The van der Waals surface area contributed by atoms with Gasteiger partial charge in [-0.1, -0.05) is 12.1 Å². The number of aryl methyl sites for hydroxylation is 1. The van der Waals surface area contributed by atoms with Crippen molar-refractivity contribution in [2.75, 3.05) is 33.2 Å². The van der Waals surface area contributed by atoms with Gasteiger partial charge in [0, 0.05) is 19.7 Å². The van der Waals surface area contributed by atoms with Gasteiger partial charge in [-0.2, -0.15) is 13.2 Å². The molecule has 10 heteroatoms. The molecule has 0 unspecified atom stereocenters. The summed E-state index contributed by atoms with van der Waals surface area (Å²) < 4.78 is 42.4. The minimum absolute atomic E-state index is 0. The molecule has 1 aliphatic heterocycles. The van der Waals surface area contributed by atoms with Gasteiger partial charge in [-0.3, -0.25) is 9.89 Å². The van der Waals surface area contributed by atoms with Crippen molar-refractivity contribution in [3.63, 3.8) is 0 Å². The predicted octanol–water partition coefficient (Wildman–Crippen LogP) is 3.18. The molecule has 2 heterocycles. The molecule has 156 valence electrons. The molecule has 1 aromatic rings. The second-order valence-corrected chi connectivity index (χ2v) is 6.61. The van der Waals surface area contributed by atoms with E-state index in [1.54, 1.807) is 7.05 Å². The number of hydrogen-bond acceptors (Lipinski definition) is 4. The van der Waals surface area contributed by atoms with Crippen molar-refractivity contribution < 1.29 is 17.7 Å².